The number of carboxylic acid groups (broad SMARTS) is 1. The topological polar surface area (TPSA) is 49.3 Å². The van der Waals surface area contributed by atoms with Crippen molar-refractivity contribution in [3.63, 3.8) is 0 Å². The van der Waals surface area contributed by atoms with Crippen LogP contribution in [0.3, 0.4) is 0 Å². The fourth-order valence-corrected chi connectivity index (χ4v) is 2.77. The number of anilines is 1. The molecule has 84 valence electrons. The molecule has 1 aromatic carbocycles. The van der Waals surface area contributed by atoms with Crippen molar-refractivity contribution >= 4 is 32.4 Å². The molecular formula is C12H13NO2S. The number of benzene rings is 1. The van der Waals surface area contributed by atoms with Crippen LogP contribution in [0.4, 0.5) is 5.00 Å². The lowest BCUT2D eigenvalue weighted by Gasteiger charge is -2.09. The van der Waals surface area contributed by atoms with E-state index in [9.17, 15) is 4.79 Å². The molecule has 16 heavy (non-hydrogen) atoms. The Morgan fingerprint density at radius 2 is 2.12 bits per heavy atom. The third-order valence-corrected chi connectivity index (χ3v) is 3.77. The van der Waals surface area contributed by atoms with Gasteiger partial charge >= 0.3 is 5.97 Å². The van der Waals surface area contributed by atoms with E-state index in [-0.39, 0.29) is 0 Å². The van der Waals surface area contributed by atoms with Gasteiger partial charge in [0.05, 0.1) is 5.00 Å². The number of nitrogens with one attached hydrogen (secondary N) is 1. The second-order valence-electron chi connectivity index (χ2n) is 3.76. The minimum atomic E-state index is -0.836. The number of carboxylic acids is 1. The fourth-order valence-electron chi connectivity index (χ4n) is 1.57. The van der Waals surface area contributed by atoms with Gasteiger partial charge in [-0.15, -0.1) is 11.3 Å². The number of carbonyl (C=O) groups is 1. The van der Waals surface area contributed by atoms with Crippen LogP contribution in [-0.4, -0.2) is 17.1 Å². The van der Waals surface area contributed by atoms with Crippen LogP contribution in [-0.2, 0) is 4.79 Å². The van der Waals surface area contributed by atoms with Gasteiger partial charge in [0, 0.05) is 4.70 Å². The van der Waals surface area contributed by atoms with Crippen LogP contribution in [0.2, 0.25) is 0 Å². The average Bonchev–Trinajstić information content (AvgIpc) is 2.56. The summed E-state index contributed by atoms with van der Waals surface area (Å²) in [6.07, 6.45) is 0. The van der Waals surface area contributed by atoms with Gasteiger partial charge in [-0.25, -0.2) is 0 Å². The summed E-state index contributed by atoms with van der Waals surface area (Å²) in [5.74, 6) is -0.836. The summed E-state index contributed by atoms with van der Waals surface area (Å²) in [7, 11) is 0. The van der Waals surface area contributed by atoms with E-state index in [2.05, 4.69) is 11.4 Å². The predicted octanol–water partition coefficient (Wildman–Crippen LogP) is 3.09. The number of hydrogen-bond acceptors (Lipinski definition) is 3. The number of fused-ring (bicyclic) bond motifs is 1. The second-order valence-corrected chi connectivity index (χ2v) is 4.81. The predicted molar refractivity (Wildman–Crippen MR) is 67.3 cm³/mol. The van der Waals surface area contributed by atoms with Crippen molar-refractivity contribution in [1.29, 1.82) is 0 Å². The van der Waals surface area contributed by atoms with Crippen LogP contribution in [0, 0.1) is 6.92 Å². The summed E-state index contributed by atoms with van der Waals surface area (Å²) in [6, 6.07) is 7.52. The van der Waals surface area contributed by atoms with Crippen molar-refractivity contribution in [3.8, 4) is 0 Å². The molecule has 0 saturated carbocycles. The summed E-state index contributed by atoms with van der Waals surface area (Å²) in [5.41, 5.74) is 1.12. The molecular weight excluding hydrogens is 222 g/mol. The van der Waals surface area contributed by atoms with E-state index < -0.39 is 12.0 Å². The van der Waals surface area contributed by atoms with Crippen LogP contribution in [0.15, 0.2) is 24.3 Å². The number of aryl methyl sites for hydroxylation is 1. The quantitative estimate of drug-likeness (QED) is 0.859. The van der Waals surface area contributed by atoms with Crippen LogP contribution in [0.5, 0.6) is 0 Å². The van der Waals surface area contributed by atoms with E-state index in [1.54, 1.807) is 18.3 Å². The Kier molecular flexibility index (Phi) is 2.83. The van der Waals surface area contributed by atoms with E-state index in [1.807, 2.05) is 25.1 Å². The lowest BCUT2D eigenvalue weighted by molar-refractivity contribution is -0.137. The van der Waals surface area contributed by atoms with E-state index in [1.165, 1.54) is 10.1 Å². The summed E-state index contributed by atoms with van der Waals surface area (Å²) >= 11 is 1.60. The van der Waals surface area contributed by atoms with E-state index in [4.69, 9.17) is 5.11 Å². The minimum absolute atomic E-state index is 0.563. The van der Waals surface area contributed by atoms with Crippen molar-refractivity contribution < 1.29 is 9.90 Å². The first-order valence-corrected chi connectivity index (χ1v) is 5.88. The summed E-state index contributed by atoms with van der Waals surface area (Å²) in [4.78, 5) is 10.8. The molecule has 1 aromatic heterocycles. The maximum absolute atomic E-state index is 10.8. The molecule has 0 bridgehead atoms. The first-order valence-electron chi connectivity index (χ1n) is 5.07. The molecule has 0 aliphatic carbocycles. The van der Waals surface area contributed by atoms with Crippen LogP contribution >= 0.6 is 11.3 Å². The molecule has 0 fully saturated rings. The molecule has 0 spiro atoms. The Bertz CT molecular complexity index is 533. The van der Waals surface area contributed by atoms with E-state index in [0.29, 0.717) is 0 Å². The average molecular weight is 235 g/mol. The van der Waals surface area contributed by atoms with Gasteiger partial charge in [0.1, 0.15) is 6.04 Å². The molecule has 1 atom stereocenters. The summed E-state index contributed by atoms with van der Waals surface area (Å²) in [5, 5.41) is 14.0. The molecule has 2 rings (SSSR count). The maximum Gasteiger partial charge on any atom is 0.325 e. The molecule has 0 aliphatic rings. The first kappa shape index (κ1) is 11.0. The molecule has 0 saturated heterocycles. The highest BCUT2D eigenvalue weighted by Gasteiger charge is 2.14. The smallest absolute Gasteiger partial charge is 0.325 e. The largest absolute Gasteiger partial charge is 0.480 e. The zero-order chi connectivity index (χ0) is 11.7. The fraction of sp³-hybridized carbons (Fsp3) is 0.250. The van der Waals surface area contributed by atoms with Gasteiger partial charge in [-0.3, -0.25) is 4.79 Å². The number of aliphatic carboxylic acids is 1. The Morgan fingerprint density at radius 3 is 2.75 bits per heavy atom. The summed E-state index contributed by atoms with van der Waals surface area (Å²) < 4.78 is 1.18. The third kappa shape index (κ3) is 1.88. The van der Waals surface area contributed by atoms with Gasteiger partial charge in [0.25, 0.3) is 0 Å². The highest BCUT2D eigenvalue weighted by molar-refractivity contribution is 7.23. The van der Waals surface area contributed by atoms with E-state index in [0.717, 1.165) is 10.6 Å². The lowest BCUT2D eigenvalue weighted by Crippen LogP contribution is -2.25. The molecule has 2 N–H and O–H groups in total. The monoisotopic (exact) mass is 235 g/mol. The zero-order valence-electron chi connectivity index (χ0n) is 9.15. The van der Waals surface area contributed by atoms with Gasteiger partial charge in [-0.05, 0) is 30.9 Å². The molecule has 2 aromatic rings. The zero-order valence-corrected chi connectivity index (χ0v) is 9.97. The Morgan fingerprint density at radius 1 is 1.44 bits per heavy atom. The van der Waals surface area contributed by atoms with Gasteiger partial charge in [0.2, 0.25) is 0 Å². The highest BCUT2D eigenvalue weighted by atomic mass is 32.1. The highest BCUT2D eigenvalue weighted by Crippen LogP contribution is 2.35. The number of rotatable bonds is 3. The Balaban J connectivity index is 2.38. The molecule has 1 unspecified atom stereocenters. The van der Waals surface area contributed by atoms with E-state index >= 15 is 0 Å². The van der Waals surface area contributed by atoms with Gasteiger partial charge in [-0.2, -0.15) is 0 Å². The summed E-state index contributed by atoms with van der Waals surface area (Å²) in [6.45, 7) is 3.65. The van der Waals surface area contributed by atoms with Gasteiger partial charge in [-0.1, -0.05) is 18.2 Å². The van der Waals surface area contributed by atoms with Crippen LogP contribution < -0.4 is 5.32 Å². The van der Waals surface area contributed by atoms with Crippen molar-refractivity contribution in [2.75, 3.05) is 5.32 Å². The Labute approximate surface area is 97.7 Å². The molecule has 1 heterocycles. The Hall–Kier alpha value is -1.55. The van der Waals surface area contributed by atoms with Crippen LogP contribution in [0.25, 0.3) is 10.1 Å². The molecule has 0 amide bonds. The number of thiophene rings is 1. The van der Waals surface area contributed by atoms with Crippen LogP contribution in [0.1, 0.15) is 12.5 Å². The molecule has 3 nitrogen and oxygen atoms in total. The van der Waals surface area contributed by atoms with Crippen molar-refractivity contribution in [3.05, 3.63) is 29.8 Å². The second kappa shape index (κ2) is 4.14. The maximum atomic E-state index is 10.8. The molecule has 4 heteroatoms. The SMILES string of the molecule is Cc1c(NC(C)C(=O)O)sc2ccccc12. The minimum Gasteiger partial charge on any atom is -0.480 e. The van der Waals surface area contributed by atoms with Crippen molar-refractivity contribution in [2.45, 2.75) is 19.9 Å². The van der Waals surface area contributed by atoms with Crippen molar-refractivity contribution in [2.24, 2.45) is 0 Å². The molecule has 0 radical (unpaired) electrons. The van der Waals surface area contributed by atoms with Crippen molar-refractivity contribution in [1.82, 2.24) is 0 Å². The standard InChI is InChI=1S/C12H13NO2S/c1-7-9-5-3-4-6-10(9)16-11(7)13-8(2)12(14)15/h3-6,8,13H,1-2H3,(H,14,15). The van der Waals surface area contributed by atoms with Gasteiger partial charge < -0.3 is 10.4 Å². The van der Waals surface area contributed by atoms with Gasteiger partial charge in [0.15, 0.2) is 0 Å². The molecule has 0 aliphatic heterocycles. The number of hydrogen-bond donors (Lipinski definition) is 2. The first-order chi connectivity index (χ1) is 7.59. The third-order valence-electron chi connectivity index (χ3n) is 2.56. The lowest BCUT2D eigenvalue weighted by atomic mass is 10.2. The normalized spacial score (nSPS) is 12.6.